The maximum Gasteiger partial charge on any atom is 0.314 e. The number of aromatic nitrogens is 2. The average Bonchev–Trinajstić information content (AvgIpc) is 3.73. The van der Waals surface area contributed by atoms with E-state index in [9.17, 15) is 14.1 Å². The largest absolute Gasteiger partial charge is 0.481 e. The fourth-order valence-corrected chi connectivity index (χ4v) is 5.85. The number of nitrogens with zero attached hydrogens (tertiary/aromatic N) is 2. The molecule has 8 heteroatoms. The fourth-order valence-electron chi connectivity index (χ4n) is 4.82. The third-order valence-electron chi connectivity index (χ3n) is 7.30. The van der Waals surface area contributed by atoms with Crippen molar-refractivity contribution < 1.29 is 18.6 Å². The van der Waals surface area contributed by atoms with Gasteiger partial charge < -0.3 is 14.9 Å². The summed E-state index contributed by atoms with van der Waals surface area (Å²) in [6.07, 6.45) is 2.03. The zero-order valence-corrected chi connectivity index (χ0v) is 22.7. The molecule has 2 aromatic heterocycles. The first-order valence-corrected chi connectivity index (χ1v) is 14.3. The highest BCUT2D eigenvalue weighted by Gasteiger charge is 2.51. The molecule has 2 heterocycles. The summed E-state index contributed by atoms with van der Waals surface area (Å²) in [5.41, 5.74) is 4.50. The minimum Gasteiger partial charge on any atom is -0.481 e. The number of carboxylic acid groups (broad SMARTS) is 1. The summed E-state index contributed by atoms with van der Waals surface area (Å²) in [4.78, 5) is 16.9. The molecule has 0 radical (unpaired) electrons. The van der Waals surface area contributed by atoms with E-state index in [-0.39, 0.29) is 0 Å². The van der Waals surface area contributed by atoms with Crippen LogP contribution in [0.25, 0.3) is 22.5 Å². The molecule has 1 atom stereocenters. The first-order valence-electron chi connectivity index (χ1n) is 13.1. The minimum absolute atomic E-state index is 0.457. The van der Waals surface area contributed by atoms with E-state index in [2.05, 4.69) is 15.5 Å². The van der Waals surface area contributed by atoms with E-state index in [1.165, 1.54) is 0 Å². The number of benzene rings is 3. The Morgan fingerprint density at radius 2 is 1.55 bits per heavy atom. The lowest BCUT2D eigenvalue weighted by atomic mass is 9.93. The lowest BCUT2D eigenvalue weighted by Crippen LogP contribution is -2.19. The molecular weight excluding hydrogens is 522 g/mol. The van der Waals surface area contributed by atoms with Gasteiger partial charge in [0.05, 0.1) is 5.41 Å². The zero-order chi connectivity index (χ0) is 27.7. The number of hydrogen-bond donors (Lipinski definition) is 2. The standard InChI is InChI=1S/C32H27N3O4S/c1-2-26-29(34-27-9-6-10-28(33-27)40(38)25-7-4-3-5-8-25)30(39-35-26)23-13-11-21(12-14-23)22-15-17-24(18-16-22)32(19-20-32)31(36)37/h3-18H,2,19-20H2,1H3,(H,33,34)(H,36,37). The lowest BCUT2D eigenvalue weighted by molar-refractivity contribution is -0.140. The second-order valence-electron chi connectivity index (χ2n) is 9.80. The van der Waals surface area contributed by atoms with Crippen molar-refractivity contribution in [3.63, 3.8) is 0 Å². The van der Waals surface area contributed by atoms with Gasteiger partial charge in [-0.1, -0.05) is 84.9 Å². The number of hydrogen-bond acceptors (Lipinski definition) is 6. The van der Waals surface area contributed by atoms with E-state index in [0.717, 1.165) is 33.6 Å². The molecule has 0 saturated heterocycles. The molecule has 40 heavy (non-hydrogen) atoms. The first kappa shape index (κ1) is 25.7. The van der Waals surface area contributed by atoms with Gasteiger partial charge in [-0.05, 0) is 60.2 Å². The Kier molecular flexibility index (Phi) is 6.77. The van der Waals surface area contributed by atoms with Crippen molar-refractivity contribution in [2.45, 2.75) is 41.5 Å². The Labute approximate surface area is 234 Å². The normalized spacial score (nSPS) is 14.4. The van der Waals surface area contributed by atoms with Gasteiger partial charge in [-0.25, -0.2) is 9.19 Å². The SMILES string of the molecule is CCc1noc(-c2ccc(-c3ccc(C4(C(=O)O)CC4)cc3)cc2)c1Nc1cccc(S(=O)c2ccccc2)n1. The summed E-state index contributed by atoms with van der Waals surface area (Å²) in [7, 11) is -1.40. The molecule has 3 aromatic carbocycles. The Bertz CT molecular complexity index is 1690. The van der Waals surface area contributed by atoms with Gasteiger partial charge in [-0.15, -0.1) is 0 Å². The first-order chi connectivity index (χ1) is 19.5. The summed E-state index contributed by atoms with van der Waals surface area (Å²) in [5, 5.41) is 17.6. The smallest absolute Gasteiger partial charge is 0.314 e. The maximum absolute atomic E-state index is 13.0. The highest BCUT2D eigenvalue weighted by atomic mass is 32.2. The van der Waals surface area contributed by atoms with Crippen LogP contribution < -0.4 is 5.32 Å². The van der Waals surface area contributed by atoms with Crippen LogP contribution >= 0.6 is 0 Å². The molecule has 5 aromatic rings. The van der Waals surface area contributed by atoms with Crippen molar-refractivity contribution >= 4 is 28.3 Å². The second-order valence-corrected chi connectivity index (χ2v) is 11.2. The fraction of sp³-hybridized carbons (Fsp3) is 0.156. The minimum atomic E-state index is -1.40. The number of aryl methyl sites for hydroxylation is 1. The second kappa shape index (κ2) is 10.5. The van der Waals surface area contributed by atoms with Gasteiger partial charge in [0.15, 0.2) is 5.76 Å². The molecule has 0 amide bonds. The molecule has 0 aliphatic heterocycles. The predicted octanol–water partition coefficient (Wildman–Crippen LogP) is 6.99. The number of rotatable bonds is 9. The number of pyridine rings is 1. The molecule has 200 valence electrons. The van der Waals surface area contributed by atoms with Gasteiger partial charge in [0, 0.05) is 10.5 Å². The Hall–Kier alpha value is -4.56. The van der Waals surface area contributed by atoms with Crippen LogP contribution in [0.2, 0.25) is 0 Å². The molecule has 6 rings (SSSR count). The van der Waals surface area contributed by atoms with Crippen molar-refractivity contribution in [2.75, 3.05) is 5.32 Å². The number of nitrogens with one attached hydrogen (secondary N) is 1. The molecule has 1 saturated carbocycles. The van der Waals surface area contributed by atoms with Gasteiger partial charge in [0.25, 0.3) is 0 Å². The van der Waals surface area contributed by atoms with Crippen LogP contribution in [0.5, 0.6) is 0 Å². The van der Waals surface area contributed by atoms with E-state index >= 15 is 0 Å². The van der Waals surface area contributed by atoms with Crippen LogP contribution in [0.3, 0.4) is 0 Å². The number of carboxylic acids is 1. The van der Waals surface area contributed by atoms with Crippen molar-refractivity contribution in [3.05, 3.63) is 108 Å². The molecule has 1 fully saturated rings. The predicted molar refractivity (Wildman–Crippen MR) is 154 cm³/mol. The van der Waals surface area contributed by atoms with Gasteiger partial charge in [-0.2, -0.15) is 0 Å². The van der Waals surface area contributed by atoms with Gasteiger partial charge in [-0.3, -0.25) is 4.79 Å². The quantitative estimate of drug-likeness (QED) is 0.204. The Morgan fingerprint density at radius 3 is 2.17 bits per heavy atom. The Balaban J connectivity index is 1.25. The molecule has 0 spiro atoms. The van der Waals surface area contributed by atoms with Crippen LogP contribution in [-0.4, -0.2) is 25.4 Å². The lowest BCUT2D eigenvalue weighted by Gasteiger charge is -2.11. The molecule has 2 N–H and O–H groups in total. The van der Waals surface area contributed by atoms with E-state index in [0.29, 0.717) is 40.8 Å². The van der Waals surface area contributed by atoms with E-state index in [1.807, 2.05) is 97.9 Å². The summed E-state index contributed by atoms with van der Waals surface area (Å²) >= 11 is 0. The summed E-state index contributed by atoms with van der Waals surface area (Å²) in [5.74, 6) is 0.388. The summed E-state index contributed by atoms with van der Waals surface area (Å²) in [6.45, 7) is 2.00. The monoisotopic (exact) mass is 549 g/mol. The van der Waals surface area contributed by atoms with Crippen molar-refractivity contribution in [3.8, 4) is 22.5 Å². The van der Waals surface area contributed by atoms with Gasteiger partial charge >= 0.3 is 5.97 Å². The molecule has 1 aliphatic rings. The van der Waals surface area contributed by atoms with Gasteiger partial charge in [0.1, 0.15) is 33.0 Å². The van der Waals surface area contributed by atoms with Crippen LogP contribution in [-0.2, 0) is 27.4 Å². The molecule has 7 nitrogen and oxygen atoms in total. The number of carbonyl (C=O) groups is 1. The van der Waals surface area contributed by atoms with Crippen LogP contribution in [0.4, 0.5) is 11.5 Å². The van der Waals surface area contributed by atoms with Crippen LogP contribution in [0.15, 0.2) is 112 Å². The summed E-state index contributed by atoms with van der Waals surface area (Å²) in [6, 6.07) is 30.4. The highest BCUT2D eigenvalue weighted by Crippen LogP contribution is 2.48. The third-order valence-corrected chi connectivity index (χ3v) is 8.61. The van der Waals surface area contributed by atoms with Crippen molar-refractivity contribution in [2.24, 2.45) is 0 Å². The van der Waals surface area contributed by atoms with Crippen LogP contribution in [0, 0.1) is 0 Å². The highest BCUT2D eigenvalue weighted by molar-refractivity contribution is 7.85. The van der Waals surface area contributed by atoms with E-state index < -0.39 is 22.2 Å². The number of aliphatic carboxylic acids is 1. The molecule has 1 aliphatic carbocycles. The van der Waals surface area contributed by atoms with Crippen molar-refractivity contribution in [1.82, 2.24) is 10.1 Å². The average molecular weight is 550 g/mol. The molecular formula is C32H27N3O4S. The molecule has 1 unspecified atom stereocenters. The van der Waals surface area contributed by atoms with Crippen LogP contribution in [0.1, 0.15) is 31.0 Å². The third kappa shape index (κ3) is 4.82. The van der Waals surface area contributed by atoms with E-state index in [1.54, 1.807) is 6.07 Å². The number of anilines is 2. The Morgan fingerprint density at radius 1 is 0.900 bits per heavy atom. The summed E-state index contributed by atoms with van der Waals surface area (Å²) < 4.78 is 18.8. The van der Waals surface area contributed by atoms with Gasteiger partial charge in [0.2, 0.25) is 0 Å². The maximum atomic E-state index is 13.0. The topological polar surface area (TPSA) is 105 Å². The van der Waals surface area contributed by atoms with Crippen molar-refractivity contribution in [1.29, 1.82) is 0 Å². The zero-order valence-electron chi connectivity index (χ0n) is 21.8. The van der Waals surface area contributed by atoms with E-state index in [4.69, 9.17) is 4.52 Å². The molecule has 0 bridgehead atoms.